The highest BCUT2D eigenvalue weighted by Crippen LogP contribution is 2.38. The van der Waals surface area contributed by atoms with Crippen LogP contribution >= 0.6 is 11.8 Å². The fourth-order valence-corrected chi connectivity index (χ4v) is 6.00. The van der Waals surface area contributed by atoms with E-state index in [1.807, 2.05) is 18.2 Å². The van der Waals surface area contributed by atoms with Gasteiger partial charge in [0, 0.05) is 18.9 Å². The highest BCUT2D eigenvalue weighted by Gasteiger charge is 2.21. The lowest BCUT2D eigenvalue weighted by Crippen LogP contribution is -2.18. The Bertz CT molecular complexity index is 1060. The molecule has 0 saturated heterocycles. The standard InChI is InChI=1S/C34H50N2O2S/c1-6-7-8-9-10-11-12-13-14-15-22-38-31-20-19-27(24-30(31)34(2,3)4)25-32(37)35-29-18-16-17-28(26-29)33-36(5)21-23-39-33/h16-21,23-24,26,33H,6-15,22,25H2,1-5H3,(H,35,37). The van der Waals surface area contributed by atoms with E-state index in [9.17, 15) is 4.79 Å². The molecule has 1 amide bonds. The molecule has 0 fully saturated rings. The van der Waals surface area contributed by atoms with Gasteiger partial charge >= 0.3 is 0 Å². The van der Waals surface area contributed by atoms with Crippen LogP contribution < -0.4 is 10.1 Å². The molecule has 1 aliphatic heterocycles. The Labute approximate surface area is 242 Å². The summed E-state index contributed by atoms with van der Waals surface area (Å²) in [7, 11) is 2.07. The average Bonchev–Trinajstić information content (AvgIpc) is 3.33. The number of amides is 1. The van der Waals surface area contributed by atoms with Crippen LogP contribution in [0.1, 0.15) is 114 Å². The van der Waals surface area contributed by atoms with E-state index in [1.54, 1.807) is 11.8 Å². The van der Waals surface area contributed by atoms with E-state index in [2.05, 4.69) is 80.8 Å². The summed E-state index contributed by atoms with van der Waals surface area (Å²) in [5.74, 6) is 0.943. The number of nitrogens with one attached hydrogen (secondary N) is 1. The van der Waals surface area contributed by atoms with Gasteiger partial charge in [-0.1, -0.05) is 110 Å². The van der Waals surface area contributed by atoms with Crippen LogP contribution in [0.15, 0.2) is 54.1 Å². The maximum Gasteiger partial charge on any atom is 0.228 e. The first-order valence-electron chi connectivity index (χ1n) is 15.0. The van der Waals surface area contributed by atoms with E-state index in [4.69, 9.17) is 4.74 Å². The summed E-state index contributed by atoms with van der Waals surface area (Å²) >= 11 is 1.77. The molecule has 0 bridgehead atoms. The minimum absolute atomic E-state index is 0.00315. The molecule has 0 spiro atoms. The summed E-state index contributed by atoms with van der Waals surface area (Å²) < 4.78 is 6.25. The largest absolute Gasteiger partial charge is 0.493 e. The second-order valence-corrected chi connectivity index (χ2v) is 12.9. The van der Waals surface area contributed by atoms with Gasteiger partial charge in [-0.25, -0.2) is 0 Å². The molecule has 0 aliphatic carbocycles. The van der Waals surface area contributed by atoms with Crippen molar-refractivity contribution in [1.82, 2.24) is 4.90 Å². The molecule has 1 heterocycles. The third-order valence-electron chi connectivity index (χ3n) is 7.30. The van der Waals surface area contributed by atoms with Crippen LogP contribution in [-0.2, 0) is 16.6 Å². The molecular formula is C34H50N2O2S. The fraction of sp³-hybridized carbons (Fsp3) is 0.559. The molecule has 1 atom stereocenters. The lowest BCUT2D eigenvalue weighted by molar-refractivity contribution is -0.115. The van der Waals surface area contributed by atoms with Crippen LogP contribution in [0.2, 0.25) is 0 Å². The van der Waals surface area contributed by atoms with Crippen molar-refractivity contribution < 1.29 is 9.53 Å². The zero-order valence-electron chi connectivity index (χ0n) is 24.9. The molecule has 1 aliphatic rings. The first-order valence-corrected chi connectivity index (χ1v) is 15.9. The predicted octanol–water partition coefficient (Wildman–Crippen LogP) is 9.61. The summed E-state index contributed by atoms with van der Waals surface area (Å²) in [4.78, 5) is 15.1. The first kappa shape index (κ1) is 31.1. The number of unbranched alkanes of at least 4 members (excludes halogenated alkanes) is 9. The Balaban J connectivity index is 1.47. The van der Waals surface area contributed by atoms with Crippen LogP contribution in [0.5, 0.6) is 5.75 Å². The number of carbonyl (C=O) groups is 1. The number of thioether (sulfide) groups is 1. The van der Waals surface area contributed by atoms with E-state index in [1.165, 1.54) is 63.4 Å². The maximum atomic E-state index is 12.9. The van der Waals surface area contributed by atoms with Crippen molar-refractivity contribution in [2.75, 3.05) is 19.0 Å². The fourth-order valence-electron chi connectivity index (χ4n) is 5.02. The van der Waals surface area contributed by atoms with E-state index in [-0.39, 0.29) is 16.7 Å². The number of anilines is 1. The van der Waals surface area contributed by atoms with Gasteiger partial charge in [0.25, 0.3) is 0 Å². The molecule has 0 saturated carbocycles. The Kier molecular flexibility index (Phi) is 12.8. The average molecular weight is 551 g/mol. The SMILES string of the molecule is CCCCCCCCCCCCOc1ccc(CC(=O)Nc2cccc(C3SC=CN3C)c2)cc1C(C)(C)C. The molecule has 2 aromatic rings. The van der Waals surface area contributed by atoms with Gasteiger partial charge in [0.1, 0.15) is 11.1 Å². The summed E-state index contributed by atoms with van der Waals surface area (Å²) in [6, 6.07) is 14.4. The van der Waals surface area contributed by atoms with Gasteiger partial charge in [0.15, 0.2) is 0 Å². The summed E-state index contributed by atoms with van der Waals surface area (Å²) in [6.45, 7) is 9.64. The van der Waals surface area contributed by atoms with Crippen LogP contribution in [0.25, 0.3) is 0 Å². The number of ether oxygens (including phenoxy) is 1. The van der Waals surface area contributed by atoms with E-state index in [0.717, 1.165) is 35.6 Å². The highest BCUT2D eigenvalue weighted by molar-refractivity contribution is 8.02. The van der Waals surface area contributed by atoms with Gasteiger partial charge in [-0.15, -0.1) is 11.8 Å². The lowest BCUT2D eigenvalue weighted by atomic mass is 9.85. The van der Waals surface area contributed by atoms with Crippen molar-refractivity contribution in [1.29, 1.82) is 0 Å². The van der Waals surface area contributed by atoms with Crippen molar-refractivity contribution in [3.05, 3.63) is 70.8 Å². The smallest absolute Gasteiger partial charge is 0.228 e. The zero-order chi connectivity index (χ0) is 28.1. The van der Waals surface area contributed by atoms with Gasteiger partial charge in [-0.05, 0) is 52.1 Å². The van der Waals surface area contributed by atoms with Crippen LogP contribution in [0.3, 0.4) is 0 Å². The van der Waals surface area contributed by atoms with Gasteiger partial charge in [0.2, 0.25) is 5.91 Å². The van der Waals surface area contributed by atoms with Crippen molar-refractivity contribution in [2.24, 2.45) is 0 Å². The van der Waals surface area contributed by atoms with Crippen molar-refractivity contribution in [2.45, 2.75) is 109 Å². The number of carbonyl (C=O) groups excluding carboxylic acids is 1. The topological polar surface area (TPSA) is 41.6 Å². The minimum atomic E-state index is -0.0626. The summed E-state index contributed by atoms with van der Waals surface area (Å²) in [6.07, 6.45) is 15.6. The number of hydrogen-bond donors (Lipinski definition) is 1. The zero-order valence-corrected chi connectivity index (χ0v) is 25.7. The van der Waals surface area contributed by atoms with E-state index < -0.39 is 0 Å². The monoisotopic (exact) mass is 550 g/mol. The normalized spacial score (nSPS) is 15.1. The second kappa shape index (κ2) is 16.0. The minimum Gasteiger partial charge on any atom is -0.493 e. The van der Waals surface area contributed by atoms with Gasteiger partial charge in [-0.3, -0.25) is 4.79 Å². The molecule has 4 nitrogen and oxygen atoms in total. The van der Waals surface area contributed by atoms with Crippen molar-refractivity contribution in [3.63, 3.8) is 0 Å². The second-order valence-electron chi connectivity index (χ2n) is 11.9. The number of hydrogen-bond acceptors (Lipinski definition) is 4. The lowest BCUT2D eigenvalue weighted by Gasteiger charge is -2.24. The summed E-state index contributed by atoms with van der Waals surface area (Å²) in [5, 5.41) is 5.46. The summed E-state index contributed by atoms with van der Waals surface area (Å²) in [5.41, 5.74) is 4.13. The van der Waals surface area contributed by atoms with Gasteiger partial charge in [-0.2, -0.15) is 0 Å². The highest BCUT2D eigenvalue weighted by atomic mass is 32.2. The predicted molar refractivity (Wildman–Crippen MR) is 168 cm³/mol. The molecule has 5 heteroatoms. The van der Waals surface area contributed by atoms with Crippen LogP contribution in [0.4, 0.5) is 5.69 Å². The Morgan fingerprint density at radius 1 is 0.949 bits per heavy atom. The molecular weight excluding hydrogens is 500 g/mol. The molecule has 0 aromatic heterocycles. The third-order valence-corrected chi connectivity index (χ3v) is 8.44. The molecule has 39 heavy (non-hydrogen) atoms. The van der Waals surface area contributed by atoms with Crippen molar-refractivity contribution in [3.8, 4) is 5.75 Å². The van der Waals surface area contributed by atoms with E-state index >= 15 is 0 Å². The molecule has 0 radical (unpaired) electrons. The molecule has 214 valence electrons. The first-order chi connectivity index (χ1) is 18.8. The molecule has 2 aromatic carbocycles. The van der Waals surface area contributed by atoms with Gasteiger partial charge < -0.3 is 15.0 Å². The number of benzene rings is 2. The van der Waals surface area contributed by atoms with Gasteiger partial charge in [0.05, 0.1) is 13.0 Å². The molecule has 3 rings (SSSR count). The van der Waals surface area contributed by atoms with Crippen LogP contribution in [0, 0.1) is 0 Å². The maximum absolute atomic E-state index is 12.9. The van der Waals surface area contributed by atoms with E-state index in [0.29, 0.717) is 6.42 Å². The number of nitrogens with zero attached hydrogens (tertiary/aromatic N) is 1. The Morgan fingerprint density at radius 2 is 1.64 bits per heavy atom. The number of rotatable bonds is 16. The van der Waals surface area contributed by atoms with Crippen molar-refractivity contribution >= 4 is 23.4 Å². The molecule has 1 unspecified atom stereocenters. The molecule has 1 N–H and O–H groups in total. The van der Waals surface area contributed by atoms with Crippen LogP contribution in [-0.4, -0.2) is 24.5 Å². The Hall–Kier alpha value is -2.40. The quantitative estimate of drug-likeness (QED) is 0.211. The third kappa shape index (κ3) is 10.6. The Morgan fingerprint density at radius 3 is 2.28 bits per heavy atom.